The number of ether oxygens (including phenoxy) is 1. The largest absolute Gasteiger partial charge is 0.545 e. The zero-order valence-corrected chi connectivity index (χ0v) is 9.50. The van der Waals surface area contributed by atoms with E-state index in [1.54, 1.807) is 6.07 Å². The lowest BCUT2D eigenvalue weighted by molar-refractivity contribution is -0.255. The summed E-state index contributed by atoms with van der Waals surface area (Å²) < 4.78 is 5.05. The number of nitrogens with one attached hydrogen (secondary N) is 1. The van der Waals surface area contributed by atoms with Crippen LogP contribution < -0.4 is 15.3 Å². The third kappa shape index (κ3) is 1.74. The molecule has 0 fully saturated rings. The molecule has 88 valence electrons. The van der Waals surface area contributed by atoms with E-state index in [4.69, 9.17) is 16.3 Å². The molecular weight excluding hydrogens is 246 g/mol. The normalized spacial score (nSPS) is 10.5. The summed E-state index contributed by atoms with van der Waals surface area (Å²) in [5.41, 5.74) is -0.801. The maximum absolute atomic E-state index is 11.9. The van der Waals surface area contributed by atoms with E-state index in [2.05, 4.69) is 4.98 Å². The van der Waals surface area contributed by atoms with E-state index >= 15 is 0 Å². The first kappa shape index (κ1) is 11.5. The third-order valence-electron chi connectivity index (χ3n) is 2.39. The average molecular weight is 253 g/mol. The van der Waals surface area contributed by atoms with Gasteiger partial charge in [0.2, 0.25) is 0 Å². The lowest BCUT2D eigenvalue weighted by atomic mass is 10.1. The van der Waals surface area contributed by atoms with Gasteiger partial charge in [-0.2, -0.15) is 0 Å². The smallest absolute Gasteiger partial charge is 0.200 e. The number of methoxy groups -OCH3 is 1. The van der Waals surface area contributed by atoms with E-state index in [1.807, 2.05) is 0 Å². The molecule has 6 heteroatoms. The van der Waals surface area contributed by atoms with Crippen molar-refractivity contribution in [2.24, 2.45) is 0 Å². The van der Waals surface area contributed by atoms with Gasteiger partial charge in [-0.3, -0.25) is 4.79 Å². The van der Waals surface area contributed by atoms with Crippen LogP contribution in [0.2, 0.25) is 5.02 Å². The van der Waals surface area contributed by atoms with Crippen molar-refractivity contribution in [1.29, 1.82) is 0 Å². The van der Waals surface area contributed by atoms with E-state index in [9.17, 15) is 14.7 Å². The van der Waals surface area contributed by atoms with Gasteiger partial charge in [-0.05, 0) is 12.1 Å². The molecule has 0 bridgehead atoms. The zero-order chi connectivity index (χ0) is 12.6. The minimum atomic E-state index is -1.55. The van der Waals surface area contributed by atoms with Crippen molar-refractivity contribution in [3.63, 3.8) is 0 Å². The summed E-state index contributed by atoms with van der Waals surface area (Å²) in [6.45, 7) is 0. The molecule has 0 unspecified atom stereocenters. The van der Waals surface area contributed by atoms with Gasteiger partial charge in [-0.15, -0.1) is 0 Å². The summed E-state index contributed by atoms with van der Waals surface area (Å²) in [4.78, 5) is 25.3. The highest BCUT2D eigenvalue weighted by atomic mass is 35.5. The minimum absolute atomic E-state index is 0.0766. The van der Waals surface area contributed by atoms with Gasteiger partial charge < -0.3 is 19.6 Å². The molecule has 1 heterocycles. The topological polar surface area (TPSA) is 82.2 Å². The summed E-state index contributed by atoms with van der Waals surface area (Å²) in [5, 5.41) is 11.0. The number of hydrogen-bond donors (Lipinski definition) is 1. The molecule has 0 atom stereocenters. The van der Waals surface area contributed by atoms with Gasteiger partial charge in [0.05, 0.1) is 34.6 Å². The Bertz CT molecular complexity index is 662. The second-order valence-electron chi connectivity index (χ2n) is 3.32. The van der Waals surface area contributed by atoms with Crippen molar-refractivity contribution >= 4 is 28.5 Å². The molecular formula is C11H7ClNO4-. The van der Waals surface area contributed by atoms with E-state index in [0.717, 1.165) is 6.20 Å². The molecule has 0 saturated heterocycles. The van der Waals surface area contributed by atoms with E-state index in [0.29, 0.717) is 11.3 Å². The monoisotopic (exact) mass is 252 g/mol. The van der Waals surface area contributed by atoms with Crippen LogP contribution in [0.5, 0.6) is 5.75 Å². The van der Waals surface area contributed by atoms with Gasteiger partial charge in [0.15, 0.2) is 5.43 Å². The highest BCUT2D eigenvalue weighted by molar-refractivity contribution is 6.35. The summed E-state index contributed by atoms with van der Waals surface area (Å²) in [6.07, 6.45) is 1.07. The fraction of sp³-hybridized carbons (Fsp3) is 0.0909. The molecule has 1 aromatic carbocycles. The first-order valence-electron chi connectivity index (χ1n) is 4.65. The Hall–Kier alpha value is -2.01. The summed E-state index contributed by atoms with van der Waals surface area (Å²) in [7, 11) is 1.44. The molecule has 17 heavy (non-hydrogen) atoms. The van der Waals surface area contributed by atoms with Crippen LogP contribution in [-0.4, -0.2) is 18.1 Å². The SMILES string of the molecule is COc1ccc(Cl)c2c(=O)c(C(=O)[O-])c[nH]c12. The number of halogens is 1. The van der Waals surface area contributed by atoms with E-state index in [-0.39, 0.29) is 10.4 Å². The Balaban J connectivity index is 2.95. The van der Waals surface area contributed by atoms with Gasteiger partial charge in [-0.25, -0.2) is 0 Å². The third-order valence-corrected chi connectivity index (χ3v) is 2.70. The number of carbonyl (C=O) groups excluding carboxylic acids is 1. The van der Waals surface area contributed by atoms with Crippen LogP contribution in [0.4, 0.5) is 0 Å². The van der Waals surface area contributed by atoms with Gasteiger partial charge in [-0.1, -0.05) is 11.6 Å². The number of fused-ring (bicyclic) bond motifs is 1. The number of aromatic carboxylic acids is 1. The zero-order valence-electron chi connectivity index (χ0n) is 8.74. The van der Waals surface area contributed by atoms with Gasteiger partial charge >= 0.3 is 0 Å². The molecule has 1 N–H and O–H groups in total. The predicted octanol–water partition coefficient (Wildman–Crippen LogP) is 0.554. The Morgan fingerprint density at radius 1 is 1.47 bits per heavy atom. The van der Waals surface area contributed by atoms with E-state index < -0.39 is 17.0 Å². The summed E-state index contributed by atoms with van der Waals surface area (Å²) in [6, 6.07) is 3.05. The summed E-state index contributed by atoms with van der Waals surface area (Å²) >= 11 is 5.88. The van der Waals surface area contributed by atoms with Crippen LogP contribution >= 0.6 is 11.6 Å². The van der Waals surface area contributed by atoms with Crippen LogP contribution in [-0.2, 0) is 0 Å². The number of hydrogen-bond acceptors (Lipinski definition) is 4. The highest BCUT2D eigenvalue weighted by Crippen LogP contribution is 2.27. The number of rotatable bonds is 2. The lowest BCUT2D eigenvalue weighted by Gasteiger charge is -2.08. The number of pyridine rings is 1. The molecule has 1 aromatic heterocycles. The Kier molecular flexibility index (Phi) is 2.77. The second kappa shape index (κ2) is 4.10. The fourth-order valence-corrected chi connectivity index (χ4v) is 1.83. The molecule has 0 saturated carbocycles. The fourth-order valence-electron chi connectivity index (χ4n) is 1.59. The molecule has 5 nitrogen and oxygen atoms in total. The van der Waals surface area contributed by atoms with Crippen molar-refractivity contribution in [3.8, 4) is 5.75 Å². The Morgan fingerprint density at radius 2 is 2.18 bits per heavy atom. The van der Waals surface area contributed by atoms with Crippen LogP contribution in [0.15, 0.2) is 23.1 Å². The second-order valence-corrected chi connectivity index (χ2v) is 3.73. The summed E-state index contributed by atoms with van der Waals surface area (Å²) in [5.74, 6) is -1.14. The molecule has 0 radical (unpaired) electrons. The lowest BCUT2D eigenvalue weighted by Crippen LogP contribution is -2.29. The standard InChI is InChI=1S/C11H8ClNO4/c1-17-7-3-2-6(12)8-9(7)13-4-5(10(8)14)11(15)16/h2-4H,1H3,(H,13,14)(H,15,16)/p-1. The molecule has 2 rings (SSSR count). The number of aromatic amines is 1. The molecule has 0 aliphatic carbocycles. The van der Waals surface area contributed by atoms with Gasteiger partial charge in [0.1, 0.15) is 5.75 Å². The molecule has 0 spiro atoms. The average Bonchev–Trinajstić information content (AvgIpc) is 2.29. The Labute approximate surface area is 101 Å². The van der Waals surface area contributed by atoms with Gasteiger partial charge in [0, 0.05) is 6.20 Å². The van der Waals surface area contributed by atoms with Crippen molar-refractivity contribution in [2.45, 2.75) is 0 Å². The van der Waals surface area contributed by atoms with Crippen molar-refractivity contribution in [3.05, 3.63) is 39.1 Å². The molecule has 2 aromatic rings. The van der Waals surface area contributed by atoms with Crippen LogP contribution in [0.3, 0.4) is 0 Å². The Morgan fingerprint density at radius 3 is 2.76 bits per heavy atom. The number of carboxylic acids is 1. The quantitative estimate of drug-likeness (QED) is 0.846. The maximum Gasteiger partial charge on any atom is 0.200 e. The van der Waals surface area contributed by atoms with Crippen LogP contribution in [0, 0.1) is 0 Å². The van der Waals surface area contributed by atoms with E-state index in [1.165, 1.54) is 13.2 Å². The molecule has 0 aliphatic rings. The highest BCUT2D eigenvalue weighted by Gasteiger charge is 2.12. The number of aromatic nitrogens is 1. The molecule has 0 amide bonds. The van der Waals surface area contributed by atoms with Crippen LogP contribution in [0.25, 0.3) is 10.9 Å². The minimum Gasteiger partial charge on any atom is -0.545 e. The first-order valence-corrected chi connectivity index (χ1v) is 5.03. The number of carbonyl (C=O) groups is 1. The van der Waals surface area contributed by atoms with Crippen LogP contribution in [0.1, 0.15) is 10.4 Å². The van der Waals surface area contributed by atoms with Crippen molar-refractivity contribution in [1.82, 2.24) is 4.98 Å². The number of benzene rings is 1. The first-order chi connectivity index (χ1) is 8.06. The van der Waals surface area contributed by atoms with Gasteiger partial charge in [0.25, 0.3) is 0 Å². The van der Waals surface area contributed by atoms with Crippen molar-refractivity contribution in [2.75, 3.05) is 7.11 Å². The molecule has 0 aliphatic heterocycles. The predicted molar refractivity (Wildman–Crippen MR) is 60.5 cm³/mol. The number of carboxylic acid groups (broad SMARTS) is 1. The van der Waals surface area contributed by atoms with Crippen molar-refractivity contribution < 1.29 is 14.6 Å². The number of H-pyrrole nitrogens is 1. The maximum atomic E-state index is 11.9.